The predicted octanol–water partition coefficient (Wildman–Crippen LogP) is 3.03. The molecule has 0 amide bonds. The van der Waals surface area contributed by atoms with E-state index in [0.717, 1.165) is 67.9 Å². The number of anilines is 1. The summed E-state index contributed by atoms with van der Waals surface area (Å²) in [6.45, 7) is 5.09. The highest BCUT2D eigenvalue weighted by Crippen LogP contribution is 2.45. The molecule has 31 heavy (non-hydrogen) atoms. The minimum atomic E-state index is 0.483. The van der Waals surface area contributed by atoms with Crippen LogP contribution in [-0.2, 0) is 0 Å². The summed E-state index contributed by atoms with van der Waals surface area (Å²) in [4.78, 5) is 14.6. The average Bonchev–Trinajstić information content (AvgIpc) is 3.52. The van der Waals surface area contributed by atoms with E-state index in [9.17, 15) is 0 Å². The monoisotopic (exact) mass is 417 g/mol. The molecule has 2 aromatic heterocycles. The fourth-order valence-electron chi connectivity index (χ4n) is 4.95. The number of hydrogen-bond donors (Lipinski definition) is 1. The summed E-state index contributed by atoms with van der Waals surface area (Å²) >= 11 is 0. The zero-order chi connectivity index (χ0) is 20.9. The Kier molecular flexibility index (Phi) is 4.69. The third-order valence-electron chi connectivity index (χ3n) is 7.31. The van der Waals surface area contributed by atoms with Crippen molar-refractivity contribution in [3.8, 4) is 11.3 Å². The molecule has 162 valence electrons. The number of rotatable bonds is 5. The van der Waals surface area contributed by atoms with E-state index in [-0.39, 0.29) is 0 Å². The number of piperazine rings is 1. The van der Waals surface area contributed by atoms with Crippen molar-refractivity contribution in [3.63, 3.8) is 0 Å². The first-order chi connectivity index (χ1) is 15.2. The maximum Gasteiger partial charge on any atom is 0.0927 e. The van der Waals surface area contributed by atoms with Crippen molar-refractivity contribution in [3.05, 3.63) is 36.3 Å². The molecule has 2 aliphatic carbocycles. The molecule has 7 heteroatoms. The Balaban J connectivity index is 1.33. The van der Waals surface area contributed by atoms with Gasteiger partial charge in [-0.1, -0.05) is 0 Å². The molecule has 0 bridgehead atoms. The zero-order valence-electron chi connectivity index (χ0n) is 18.2. The second-order valence-corrected chi connectivity index (χ2v) is 9.63. The lowest BCUT2D eigenvalue weighted by Crippen LogP contribution is -2.44. The molecule has 0 atom stereocenters. The zero-order valence-corrected chi connectivity index (χ0v) is 18.2. The highest BCUT2D eigenvalue weighted by atomic mass is 15.3. The SMILES string of the molecule is CN1CCN(c2ccc3ncc(-c4cn(C5CC(CN)C5)nc4C4CC4)nc3c2)CC1. The van der Waals surface area contributed by atoms with E-state index in [1.54, 1.807) is 0 Å². The number of nitrogens with two attached hydrogens (primary N) is 1. The summed E-state index contributed by atoms with van der Waals surface area (Å²) in [6, 6.07) is 6.97. The molecule has 3 aromatic rings. The van der Waals surface area contributed by atoms with Gasteiger partial charge >= 0.3 is 0 Å². The van der Waals surface area contributed by atoms with Gasteiger partial charge in [0.1, 0.15) is 0 Å². The molecular weight excluding hydrogens is 386 g/mol. The van der Waals surface area contributed by atoms with Crippen molar-refractivity contribution in [1.29, 1.82) is 0 Å². The molecule has 6 rings (SSSR count). The maximum atomic E-state index is 5.83. The van der Waals surface area contributed by atoms with Gasteiger partial charge in [-0.2, -0.15) is 5.10 Å². The van der Waals surface area contributed by atoms with Crippen LogP contribution < -0.4 is 10.6 Å². The molecule has 3 aliphatic rings. The van der Waals surface area contributed by atoms with E-state index in [1.807, 2.05) is 6.20 Å². The molecule has 7 nitrogen and oxygen atoms in total. The summed E-state index contributed by atoms with van der Waals surface area (Å²) < 4.78 is 2.18. The first-order valence-corrected chi connectivity index (χ1v) is 11.7. The highest BCUT2D eigenvalue weighted by Gasteiger charge is 2.34. The number of nitrogens with zero attached hydrogens (tertiary/aromatic N) is 6. The molecule has 1 aromatic carbocycles. The van der Waals surface area contributed by atoms with Crippen molar-refractivity contribution in [1.82, 2.24) is 24.6 Å². The van der Waals surface area contributed by atoms with Gasteiger partial charge in [0, 0.05) is 49.5 Å². The van der Waals surface area contributed by atoms with Gasteiger partial charge in [-0.25, -0.2) is 4.98 Å². The summed E-state index contributed by atoms with van der Waals surface area (Å²) in [5.74, 6) is 1.23. The molecular formula is C24H31N7. The average molecular weight is 418 g/mol. The van der Waals surface area contributed by atoms with Crippen LogP contribution in [0.15, 0.2) is 30.6 Å². The van der Waals surface area contributed by atoms with Crippen LogP contribution in [0.3, 0.4) is 0 Å². The Labute approximate surface area is 183 Å². The van der Waals surface area contributed by atoms with E-state index < -0.39 is 0 Å². The van der Waals surface area contributed by atoms with Crippen molar-refractivity contribution >= 4 is 16.7 Å². The minimum absolute atomic E-state index is 0.483. The number of likely N-dealkylation sites (N-methyl/N-ethyl adjacent to an activating group) is 1. The van der Waals surface area contributed by atoms with Crippen LogP contribution >= 0.6 is 0 Å². The quantitative estimate of drug-likeness (QED) is 0.688. The van der Waals surface area contributed by atoms with Crippen molar-refractivity contribution in [2.75, 3.05) is 44.7 Å². The fraction of sp³-hybridized carbons (Fsp3) is 0.542. The lowest BCUT2D eigenvalue weighted by atomic mass is 9.80. The largest absolute Gasteiger partial charge is 0.369 e. The van der Waals surface area contributed by atoms with Crippen LogP contribution in [0.4, 0.5) is 5.69 Å². The third kappa shape index (κ3) is 3.59. The first kappa shape index (κ1) is 19.2. The number of benzene rings is 1. The summed E-state index contributed by atoms with van der Waals surface area (Å²) in [5.41, 5.74) is 12.3. The second-order valence-electron chi connectivity index (χ2n) is 9.63. The lowest BCUT2D eigenvalue weighted by molar-refractivity contribution is 0.189. The normalized spacial score (nSPS) is 24.5. The standard InChI is InChI=1S/C24H31N7/c1-29-6-8-30(9-7-29)18-4-5-21-22(12-18)27-23(14-26-21)20-15-31(19-10-16(11-19)13-25)28-24(20)17-2-3-17/h4-5,12,14-17,19H,2-3,6-11,13,25H2,1H3. The molecule has 3 heterocycles. The van der Waals surface area contributed by atoms with Gasteiger partial charge in [-0.15, -0.1) is 0 Å². The van der Waals surface area contributed by atoms with Crippen LogP contribution in [0, 0.1) is 5.92 Å². The Morgan fingerprint density at radius 3 is 2.61 bits per heavy atom. The Bertz CT molecular complexity index is 1090. The van der Waals surface area contributed by atoms with Gasteiger partial charge in [-0.05, 0) is 63.4 Å². The number of aromatic nitrogens is 4. The van der Waals surface area contributed by atoms with E-state index in [1.165, 1.54) is 24.2 Å². The Morgan fingerprint density at radius 2 is 1.87 bits per heavy atom. The van der Waals surface area contributed by atoms with Crippen molar-refractivity contribution in [2.45, 2.75) is 37.6 Å². The Morgan fingerprint density at radius 1 is 1.06 bits per heavy atom. The molecule has 0 radical (unpaired) electrons. The smallest absolute Gasteiger partial charge is 0.0927 e. The van der Waals surface area contributed by atoms with Gasteiger partial charge < -0.3 is 15.5 Å². The van der Waals surface area contributed by atoms with Gasteiger partial charge in [0.15, 0.2) is 0 Å². The number of fused-ring (bicyclic) bond motifs is 1. The predicted molar refractivity (Wildman–Crippen MR) is 123 cm³/mol. The lowest BCUT2D eigenvalue weighted by Gasteiger charge is -2.34. The van der Waals surface area contributed by atoms with Crippen molar-refractivity contribution < 1.29 is 0 Å². The third-order valence-corrected chi connectivity index (χ3v) is 7.31. The molecule has 2 N–H and O–H groups in total. The maximum absolute atomic E-state index is 5.83. The van der Waals surface area contributed by atoms with Crippen molar-refractivity contribution in [2.24, 2.45) is 11.7 Å². The van der Waals surface area contributed by atoms with Crippen LogP contribution in [0.25, 0.3) is 22.3 Å². The summed E-state index contributed by atoms with van der Waals surface area (Å²) in [7, 11) is 2.19. The van der Waals surface area contributed by atoms with Crippen LogP contribution in [0.5, 0.6) is 0 Å². The molecule has 3 fully saturated rings. The summed E-state index contributed by atoms with van der Waals surface area (Å²) in [6.07, 6.45) is 8.88. The van der Waals surface area contributed by atoms with E-state index in [0.29, 0.717) is 17.9 Å². The van der Waals surface area contributed by atoms with Gasteiger partial charge in [0.2, 0.25) is 0 Å². The topological polar surface area (TPSA) is 76.1 Å². The van der Waals surface area contributed by atoms with E-state index in [4.69, 9.17) is 20.8 Å². The summed E-state index contributed by atoms with van der Waals surface area (Å²) in [5, 5.41) is 5.01. The van der Waals surface area contributed by atoms with E-state index in [2.05, 4.69) is 45.9 Å². The van der Waals surface area contributed by atoms with Gasteiger partial charge in [0.05, 0.1) is 34.7 Å². The molecule has 2 saturated carbocycles. The molecule has 0 unspecified atom stereocenters. The molecule has 1 aliphatic heterocycles. The Hall–Kier alpha value is -2.51. The molecule has 1 saturated heterocycles. The first-order valence-electron chi connectivity index (χ1n) is 11.7. The minimum Gasteiger partial charge on any atom is -0.369 e. The van der Waals surface area contributed by atoms with Crippen LogP contribution in [-0.4, -0.2) is 64.4 Å². The fourth-order valence-corrected chi connectivity index (χ4v) is 4.95. The second kappa shape index (κ2) is 7.57. The number of hydrogen-bond acceptors (Lipinski definition) is 6. The van der Waals surface area contributed by atoms with Gasteiger partial charge in [0.25, 0.3) is 0 Å². The highest BCUT2D eigenvalue weighted by molar-refractivity contribution is 5.81. The van der Waals surface area contributed by atoms with Crippen LogP contribution in [0.1, 0.15) is 43.3 Å². The van der Waals surface area contributed by atoms with Gasteiger partial charge in [-0.3, -0.25) is 9.67 Å². The van der Waals surface area contributed by atoms with Crippen LogP contribution in [0.2, 0.25) is 0 Å². The molecule has 0 spiro atoms. The van der Waals surface area contributed by atoms with E-state index >= 15 is 0 Å².